The van der Waals surface area contributed by atoms with Gasteiger partial charge in [0.25, 0.3) is 11.8 Å². The van der Waals surface area contributed by atoms with Gasteiger partial charge in [-0.05, 0) is 51.3 Å². The molecule has 0 spiro atoms. The van der Waals surface area contributed by atoms with E-state index in [9.17, 15) is 9.59 Å². The normalized spacial score (nSPS) is 10.0. The van der Waals surface area contributed by atoms with Gasteiger partial charge in [-0.3, -0.25) is 9.59 Å². The molecule has 0 atom stereocenters. The maximum Gasteiger partial charge on any atom is 0.255 e. The van der Waals surface area contributed by atoms with Crippen LogP contribution in [0.25, 0.3) is 0 Å². The van der Waals surface area contributed by atoms with Crippen LogP contribution in [0.15, 0.2) is 54.6 Å². The molecule has 0 unspecified atom stereocenters. The Morgan fingerprint density at radius 3 is 2.24 bits per heavy atom. The number of halogens is 1. The second-order valence-corrected chi connectivity index (χ2v) is 5.78. The number of para-hydroxylation sites is 1. The van der Waals surface area contributed by atoms with Gasteiger partial charge in [0.05, 0.1) is 11.3 Å². The molecule has 2 aromatic carbocycles. The van der Waals surface area contributed by atoms with Gasteiger partial charge in [0, 0.05) is 12.1 Å². The Morgan fingerprint density at radius 2 is 1.56 bits per heavy atom. The summed E-state index contributed by atoms with van der Waals surface area (Å²) < 4.78 is 0. The standard InChI is InChI=1S/C19H23N3O2.ClH/c1-22(2)14-8-13-20-19(24)16-11-6-7-12-17(16)21-18(23)15-9-4-3-5-10-15;/h3-7,9-12H,8,13-14H2,1-2H3,(H,20,24)(H,21,23);1H. The zero-order chi connectivity index (χ0) is 17.4. The molecule has 0 saturated carbocycles. The molecule has 25 heavy (non-hydrogen) atoms. The predicted molar refractivity (Wildman–Crippen MR) is 104 cm³/mol. The molecule has 6 heteroatoms. The maximum atomic E-state index is 12.4. The first-order valence-electron chi connectivity index (χ1n) is 7.96. The fourth-order valence-corrected chi connectivity index (χ4v) is 2.27. The van der Waals surface area contributed by atoms with Gasteiger partial charge in [-0.1, -0.05) is 30.3 Å². The highest BCUT2D eigenvalue weighted by molar-refractivity contribution is 6.08. The van der Waals surface area contributed by atoms with E-state index in [4.69, 9.17) is 0 Å². The molecule has 0 saturated heterocycles. The number of rotatable bonds is 7. The summed E-state index contributed by atoms with van der Waals surface area (Å²) in [6.45, 7) is 1.50. The Bertz CT molecular complexity index is 690. The summed E-state index contributed by atoms with van der Waals surface area (Å²) in [6.07, 6.45) is 0.872. The van der Waals surface area contributed by atoms with E-state index in [1.54, 1.807) is 48.5 Å². The molecule has 2 rings (SSSR count). The Morgan fingerprint density at radius 1 is 0.920 bits per heavy atom. The molecule has 2 aromatic rings. The van der Waals surface area contributed by atoms with Gasteiger partial charge >= 0.3 is 0 Å². The number of amides is 2. The second-order valence-electron chi connectivity index (χ2n) is 5.78. The van der Waals surface area contributed by atoms with Gasteiger partial charge in [-0.15, -0.1) is 12.4 Å². The highest BCUT2D eigenvalue weighted by atomic mass is 35.5. The van der Waals surface area contributed by atoms with E-state index in [1.807, 2.05) is 20.2 Å². The summed E-state index contributed by atoms with van der Waals surface area (Å²) >= 11 is 0. The van der Waals surface area contributed by atoms with Crippen LogP contribution in [0.2, 0.25) is 0 Å². The number of nitrogens with zero attached hydrogens (tertiary/aromatic N) is 1. The Balaban J connectivity index is 0.00000312. The van der Waals surface area contributed by atoms with E-state index < -0.39 is 0 Å². The van der Waals surface area contributed by atoms with Crippen LogP contribution in [0.4, 0.5) is 5.69 Å². The van der Waals surface area contributed by atoms with Crippen LogP contribution in [0.3, 0.4) is 0 Å². The van der Waals surface area contributed by atoms with Crippen LogP contribution >= 0.6 is 12.4 Å². The quantitative estimate of drug-likeness (QED) is 0.745. The number of hydrogen-bond donors (Lipinski definition) is 2. The van der Waals surface area contributed by atoms with Crippen molar-refractivity contribution in [3.05, 3.63) is 65.7 Å². The first-order valence-corrected chi connectivity index (χ1v) is 7.96. The largest absolute Gasteiger partial charge is 0.352 e. The van der Waals surface area contributed by atoms with Crippen molar-refractivity contribution in [3.63, 3.8) is 0 Å². The Kier molecular flexibility index (Phi) is 8.67. The molecule has 0 heterocycles. The van der Waals surface area contributed by atoms with Gasteiger partial charge in [-0.2, -0.15) is 0 Å². The van der Waals surface area contributed by atoms with Crippen LogP contribution in [0, 0.1) is 0 Å². The molecular formula is C19H24ClN3O2. The third kappa shape index (κ3) is 6.57. The third-order valence-corrected chi connectivity index (χ3v) is 3.52. The van der Waals surface area contributed by atoms with Crippen LogP contribution in [0.1, 0.15) is 27.1 Å². The van der Waals surface area contributed by atoms with E-state index >= 15 is 0 Å². The Hall–Kier alpha value is -2.37. The zero-order valence-corrected chi connectivity index (χ0v) is 15.3. The fraction of sp³-hybridized carbons (Fsp3) is 0.263. The van der Waals surface area contributed by atoms with E-state index in [-0.39, 0.29) is 24.2 Å². The highest BCUT2D eigenvalue weighted by Gasteiger charge is 2.13. The van der Waals surface area contributed by atoms with E-state index in [1.165, 1.54) is 0 Å². The molecule has 2 N–H and O–H groups in total. The van der Waals surface area contributed by atoms with Gasteiger partial charge in [-0.25, -0.2) is 0 Å². The van der Waals surface area contributed by atoms with Crippen molar-refractivity contribution in [3.8, 4) is 0 Å². The second kappa shape index (κ2) is 10.5. The van der Waals surface area contributed by atoms with Crippen molar-refractivity contribution in [2.24, 2.45) is 0 Å². The van der Waals surface area contributed by atoms with Gasteiger partial charge in [0.15, 0.2) is 0 Å². The molecule has 0 radical (unpaired) electrons. The molecule has 134 valence electrons. The average molecular weight is 362 g/mol. The summed E-state index contributed by atoms with van der Waals surface area (Å²) in [5.41, 5.74) is 1.53. The Labute approximate surface area is 154 Å². The summed E-state index contributed by atoms with van der Waals surface area (Å²) in [4.78, 5) is 26.7. The number of hydrogen-bond acceptors (Lipinski definition) is 3. The molecule has 0 bridgehead atoms. The van der Waals surface area contributed by atoms with E-state index in [0.29, 0.717) is 23.4 Å². The molecule has 5 nitrogen and oxygen atoms in total. The minimum absolute atomic E-state index is 0. The predicted octanol–water partition coefficient (Wildman–Crippen LogP) is 3.04. The van der Waals surface area contributed by atoms with E-state index in [2.05, 4.69) is 15.5 Å². The van der Waals surface area contributed by atoms with Crippen LogP contribution in [-0.4, -0.2) is 43.9 Å². The molecule has 0 aromatic heterocycles. The minimum atomic E-state index is -0.233. The highest BCUT2D eigenvalue weighted by Crippen LogP contribution is 2.16. The monoisotopic (exact) mass is 361 g/mol. The average Bonchev–Trinajstić information content (AvgIpc) is 2.59. The fourth-order valence-electron chi connectivity index (χ4n) is 2.27. The van der Waals surface area contributed by atoms with Crippen molar-refractivity contribution in [2.45, 2.75) is 6.42 Å². The number of carbonyl (C=O) groups is 2. The first kappa shape index (κ1) is 20.7. The lowest BCUT2D eigenvalue weighted by Gasteiger charge is -2.12. The van der Waals surface area contributed by atoms with Crippen molar-refractivity contribution >= 4 is 29.9 Å². The van der Waals surface area contributed by atoms with Crippen LogP contribution < -0.4 is 10.6 Å². The maximum absolute atomic E-state index is 12.4. The molecule has 0 fully saturated rings. The van der Waals surface area contributed by atoms with Crippen molar-refractivity contribution < 1.29 is 9.59 Å². The lowest BCUT2D eigenvalue weighted by atomic mass is 10.1. The smallest absolute Gasteiger partial charge is 0.255 e. The molecule has 0 aliphatic heterocycles. The zero-order valence-electron chi connectivity index (χ0n) is 14.5. The topological polar surface area (TPSA) is 61.4 Å². The number of anilines is 1. The molecule has 2 amide bonds. The molecular weight excluding hydrogens is 338 g/mol. The summed E-state index contributed by atoms with van der Waals surface area (Å²) in [6, 6.07) is 16.0. The number of carbonyl (C=O) groups excluding carboxylic acids is 2. The SMILES string of the molecule is CN(C)CCCNC(=O)c1ccccc1NC(=O)c1ccccc1.Cl. The number of nitrogens with one attached hydrogen (secondary N) is 2. The summed E-state index contributed by atoms with van der Waals surface area (Å²) in [7, 11) is 3.99. The van der Waals surface area contributed by atoms with Gasteiger partial charge < -0.3 is 15.5 Å². The van der Waals surface area contributed by atoms with Crippen molar-refractivity contribution in [1.29, 1.82) is 0 Å². The lowest BCUT2D eigenvalue weighted by molar-refractivity contribution is 0.0953. The minimum Gasteiger partial charge on any atom is -0.352 e. The number of benzene rings is 2. The van der Waals surface area contributed by atoms with Gasteiger partial charge in [0.1, 0.15) is 0 Å². The van der Waals surface area contributed by atoms with Crippen molar-refractivity contribution in [1.82, 2.24) is 10.2 Å². The lowest BCUT2D eigenvalue weighted by Crippen LogP contribution is -2.28. The molecule has 0 aliphatic rings. The third-order valence-electron chi connectivity index (χ3n) is 3.52. The summed E-state index contributed by atoms with van der Waals surface area (Å²) in [5, 5.41) is 5.70. The van der Waals surface area contributed by atoms with E-state index in [0.717, 1.165) is 13.0 Å². The first-order chi connectivity index (χ1) is 11.6. The van der Waals surface area contributed by atoms with Gasteiger partial charge in [0.2, 0.25) is 0 Å². The van der Waals surface area contributed by atoms with Crippen molar-refractivity contribution in [2.75, 3.05) is 32.5 Å². The summed E-state index contributed by atoms with van der Waals surface area (Å²) in [5.74, 6) is -0.416. The van der Waals surface area contributed by atoms with Crippen LogP contribution in [-0.2, 0) is 0 Å². The molecule has 0 aliphatic carbocycles. The van der Waals surface area contributed by atoms with Crippen LogP contribution in [0.5, 0.6) is 0 Å².